The van der Waals surface area contributed by atoms with Crippen molar-refractivity contribution >= 4 is 28.9 Å². The van der Waals surface area contributed by atoms with E-state index in [-0.39, 0.29) is 16.9 Å². The minimum absolute atomic E-state index is 0.0380. The van der Waals surface area contributed by atoms with Crippen LogP contribution in [0.4, 0.5) is 17.1 Å². The van der Waals surface area contributed by atoms with Gasteiger partial charge in [0.1, 0.15) is 5.69 Å². The van der Waals surface area contributed by atoms with Crippen molar-refractivity contribution in [2.75, 3.05) is 17.7 Å². The molecule has 2 N–H and O–H groups in total. The Morgan fingerprint density at radius 1 is 1.08 bits per heavy atom. The SMILES string of the molecule is CNc1ccccc1C(=O)OC(C)C(=O)Nc1ccccc1[N+](=O)[O-]. The summed E-state index contributed by atoms with van der Waals surface area (Å²) in [6, 6.07) is 12.4. The van der Waals surface area contributed by atoms with Crippen LogP contribution in [0.15, 0.2) is 48.5 Å². The Kier molecular flexibility index (Phi) is 5.67. The van der Waals surface area contributed by atoms with E-state index in [1.165, 1.54) is 25.1 Å². The van der Waals surface area contributed by atoms with E-state index in [0.717, 1.165) is 0 Å². The molecule has 25 heavy (non-hydrogen) atoms. The molecule has 0 aliphatic carbocycles. The lowest BCUT2D eigenvalue weighted by Gasteiger charge is -2.15. The summed E-state index contributed by atoms with van der Waals surface area (Å²) in [4.78, 5) is 34.8. The third-order valence-corrected chi connectivity index (χ3v) is 3.43. The predicted octanol–water partition coefficient (Wildman–Crippen LogP) is 2.82. The molecule has 0 aliphatic heterocycles. The normalized spacial score (nSPS) is 11.3. The molecular formula is C17H17N3O5. The summed E-state index contributed by atoms with van der Waals surface area (Å²) in [5, 5.41) is 16.2. The molecule has 2 aromatic carbocycles. The van der Waals surface area contributed by atoms with E-state index in [4.69, 9.17) is 4.74 Å². The molecule has 1 amide bonds. The molecule has 0 aliphatic rings. The van der Waals surface area contributed by atoms with E-state index < -0.39 is 22.9 Å². The molecule has 0 aromatic heterocycles. The first-order valence-electron chi connectivity index (χ1n) is 7.46. The number of hydrogen-bond donors (Lipinski definition) is 2. The molecule has 2 rings (SSSR count). The van der Waals surface area contributed by atoms with Gasteiger partial charge in [-0.05, 0) is 25.1 Å². The highest BCUT2D eigenvalue weighted by Crippen LogP contribution is 2.23. The van der Waals surface area contributed by atoms with Crippen LogP contribution in [-0.2, 0) is 9.53 Å². The summed E-state index contributed by atoms with van der Waals surface area (Å²) in [6.07, 6.45) is -1.13. The zero-order valence-corrected chi connectivity index (χ0v) is 13.7. The quantitative estimate of drug-likeness (QED) is 0.474. The van der Waals surface area contributed by atoms with Crippen molar-refractivity contribution < 1.29 is 19.2 Å². The van der Waals surface area contributed by atoms with Gasteiger partial charge in [0.25, 0.3) is 11.6 Å². The second-order valence-corrected chi connectivity index (χ2v) is 5.11. The van der Waals surface area contributed by atoms with Gasteiger partial charge in [-0.15, -0.1) is 0 Å². The van der Waals surface area contributed by atoms with Gasteiger partial charge in [-0.3, -0.25) is 14.9 Å². The first-order chi connectivity index (χ1) is 11.9. The van der Waals surface area contributed by atoms with E-state index in [1.54, 1.807) is 37.4 Å². The van der Waals surface area contributed by atoms with Gasteiger partial charge in [-0.25, -0.2) is 4.79 Å². The maximum Gasteiger partial charge on any atom is 0.341 e. The van der Waals surface area contributed by atoms with Crippen LogP contribution in [0.1, 0.15) is 17.3 Å². The topological polar surface area (TPSA) is 111 Å². The Balaban J connectivity index is 2.08. The number of para-hydroxylation sites is 3. The number of hydrogen-bond acceptors (Lipinski definition) is 6. The number of nitrogens with zero attached hydrogens (tertiary/aromatic N) is 1. The molecule has 0 bridgehead atoms. The number of carbonyl (C=O) groups excluding carboxylic acids is 2. The number of nitro benzene ring substituents is 1. The number of rotatable bonds is 6. The van der Waals surface area contributed by atoms with E-state index in [0.29, 0.717) is 5.69 Å². The Labute approximate surface area is 144 Å². The Morgan fingerprint density at radius 2 is 1.68 bits per heavy atom. The number of ether oxygens (including phenoxy) is 1. The highest BCUT2D eigenvalue weighted by atomic mass is 16.6. The average molecular weight is 343 g/mol. The monoisotopic (exact) mass is 343 g/mol. The van der Waals surface area contributed by atoms with E-state index in [1.807, 2.05) is 0 Å². The fourth-order valence-electron chi connectivity index (χ4n) is 2.13. The number of anilines is 2. The summed E-state index contributed by atoms with van der Waals surface area (Å²) >= 11 is 0. The lowest BCUT2D eigenvalue weighted by Crippen LogP contribution is -2.30. The molecule has 0 heterocycles. The Hall–Kier alpha value is -3.42. The maximum absolute atomic E-state index is 12.2. The van der Waals surface area contributed by atoms with Gasteiger partial charge < -0.3 is 15.4 Å². The zero-order chi connectivity index (χ0) is 18.4. The molecule has 1 atom stereocenters. The van der Waals surface area contributed by atoms with Crippen molar-refractivity contribution in [2.24, 2.45) is 0 Å². The van der Waals surface area contributed by atoms with Crippen LogP contribution in [0.25, 0.3) is 0 Å². The largest absolute Gasteiger partial charge is 0.449 e. The van der Waals surface area contributed by atoms with Crippen molar-refractivity contribution in [1.29, 1.82) is 0 Å². The lowest BCUT2D eigenvalue weighted by molar-refractivity contribution is -0.383. The molecule has 1 unspecified atom stereocenters. The van der Waals surface area contributed by atoms with Gasteiger partial charge in [-0.2, -0.15) is 0 Å². The maximum atomic E-state index is 12.2. The number of nitrogens with one attached hydrogen (secondary N) is 2. The molecule has 0 spiro atoms. The zero-order valence-electron chi connectivity index (χ0n) is 13.7. The van der Waals surface area contributed by atoms with Crippen LogP contribution < -0.4 is 10.6 Å². The van der Waals surface area contributed by atoms with Crippen LogP contribution in [0.2, 0.25) is 0 Å². The summed E-state index contributed by atoms with van der Waals surface area (Å²) in [7, 11) is 1.66. The first-order valence-corrected chi connectivity index (χ1v) is 7.46. The van der Waals surface area contributed by atoms with Gasteiger partial charge >= 0.3 is 5.97 Å². The fourth-order valence-corrected chi connectivity index (χ4v) is 2.13. The van der Waals surface area contributed by atoms with Crippen LogP contribution in [-0.4, -0.2) is 30.0 Å². The van der Waals surface area contributed by atoms with Gasteiger partial charge in [0.05, 0.1) is 10.5 Å². The molecule has 0 saturated carbocycles. The van der Waals surface area contributed by atoms with Crippen molar-refractivity contribution in [2.45, 2.75) is 13.0 Å². The summed E-state index contributed by atoms with van der Waals surface area (Å²) in [5.74, 6) is -1.33. The minimum Gasteiger partial charge on any atom is -0.449 e. The first kappa shape index (κ1) is 17.9. The van der Waals surface area contributed by atoms with Gasteiger partial charge in [0, 0.05) is 18.8 Å². The predicted molar refractivity (Wildman–Crippen MR) is 92.6 cm³/mol. The molecule has 130 valence electrons. The van der Waals surface area contributed by atoms with Gasteiger partial charge in [0.15, 0.2) is 6.10 Å². The van der Waals surface area contributed by atoms with Crippen LogP contribution in [0.3, 0.4) is 0 Å². The van der Waals surface area contributed by atoms with Crippen molar-refractivity contribution in [3.05, 3.63) is 64.2 Å². The number of carbonyl (C=O) groups is 2. The third kappa shape index (κ3) is 4.31. The highest BCUT2D eigenvalue weighted by molar-refractivity contribution is 6.00. The highest BCUT2D eigenvalue weighted by Gasteiger charge is 2.23. The molecule has 2 aromatic rings. The van der Waals surface area contributed by atoms with Gasteiger partial charge in [-0.1, -0.05) is 24.3 Å². The minimum atomic E-state index is -1.13. The standard InChI is InChI=1S/C17H17N3O5/c1-11(25-17(22)12-7-3-4-8-13(12)18-2)16(21)19-14-9-5-6-10-15(14)20(23)24/h3-11,18H,1-2H3,(H,19,21). The van der Waals surface area contributed by atoms with Crippen LogP contribution >= 0.6 is 0 Å². The third-order valence-electron chi connectivity index (χ3n) is 3.43. The Bertz CT molecular complexity index is 806. The van der Waals surface area contributed by atoms with Gasteiger partial charge in [0.2, 0.25) is 0 Å². The average Bonchev–Trinajstić information content (AvgIpc) is 2.61. The lowest BCUT2D eigenvalue weighted by atomic mass is 10.2. The second-order valence-electron chi connectivity index (χ2n) is 5.11. The van der Waals surface area contributed by atoms with Crippen molar-refractivity contribution in [1.82, 2.24) is 0 Å². The number of esters is 1. The van der Waals surface area contributed by atoms with Crippen LogP contribution in [0, 0.1) is 10.1 Å². The number of amides is 1. The molecule has 0 saturated heterocycles. The number of benzene rings is 2. The molecule has 8 nitrogen and oxygen atoms in total. The van der Waals surface area contributed by atoms with Crippen molar-refractivity contribution in [3.63, 3.8) is 0 Å². The Morgan fingerprint density at radius 3 is 2.32 bits per heavy atom. The molecular weight excluding hydrogens is 326 g/mol. The van der Waals surface area contributed by atoms with E-state index in [9.17, 15) is 19.7 Å². The molecule has 8 heteroatoms. The summed E-state index contributed by atoms with van der Waals surface area (Å²) in [6.45, 7) is 1.39. The van der Waals surface area contributed by atoms with E-state index in [2.05, 4.69) is 10.6 Å². The van der Waals surface area contributed by atoms with Crippen LogP contribution in [0.5, 0.6) is 0 Å². The molecule has 0 fully saturated rings. The number of nitro groups is 1. The summed E-state index contributed by atoms with van der Waals surface area (Å²) < 4.78 is 5.15. The van der Waals surface area contributed by atoms with E-state index >= 15 is 0 Å². The molecule has 0 radical (unpaired) electrons. The fraction of sp³-hybridized carbons (Fsp3) is 0.176. The van der Waals surface area contributed by atoms with Crippen molar-refractivity contribution in [3.8, 4) is 0 Å². The second kappa shape index (κ2) is 7.91. The smallest absolute Gasteiger partial charge is 0.341 e. The summed E-state index contributed by atoms with van der Waals surface area (Å²) in [5.41, 5.74) is 0.653.